The van der Waals surface area contributed by atoms with Gasteiger partial charge in [-0.3, -0.25) is 4.90 Å². The van der Waals surface area contributed by atoms with Crippen LogP contribution in [0.3, 0.4) is 0 Å². The van der Waals surface area contributed by atoms with E-state index in [4.69, 9.17) is 22.1 Å². The van der Waals surface area contributed by atoms with E-state index in [0.717, 1.165) is 31.7 Å². The third-order valence-electron chi connectivity index (χ3n) is 4.99. The number of nitriles is 2. The lowest BCUT2D eigenvalue weighted by atomic mass is 10.1. The van der Waals surface area contributed by atoms with E-state index in [2.05, 4.69) is 47.1 Å². The molecule has 132 valence electrons. The molecular formula is C21H21ClN4. The first kappa shape index (κ1) is 18.3. The summed E-state index contributed by atoms with van der Waals surface area (Å²) in [6.07, 6.45) is 1.01. The smallest absolute Gasteiger partial charge is 0.101 e. The Hall–Kier alpha value is -2.53. The topological polar surface area (TPSA) is 54.1 Å². The van der Waals surface area contributed by atoms with Crippen molar-refractivity contribution >= 4 is 17.3 Å². The number of hydrogen-bond acceptors (Lipinski definition) is 4. The molecule has 0 radical (unpaired) electrons. The fourth-order valence-electron chi connectivity index (χ4n) is 3.49. The monoisotopic (exact) mass is 364 g/mol. The highest BCUT2D eigenvalue weighted by atomic mass is 35.5. The van der Waals surface area contributed by atoms with Crippen molar-refractivity contribution in [3.8, 4) is 12.1 Å². The fourth-order valence-corrected chi connectivity index (χ4v) is 3.70. The highest BCUT2D eigenvalue weighted by Gasteiger charge is 2.28. The molecule has 1 saturated heterocycles. The van der Waals surface area contributed by atoms with Crippen molar-refractivity contribution in [2.75, 3.05) is 24.5 Å². The van der Waals surface area contributed by atoms with Gasteiger partial charge in [0.05, 0.1) is 23.2 Å². The van der Waals surface area contributed by atoms with E-state index in [1.54, 1.807) is 6.07 Å². The van der Waals surface area contributed by atoms with E-state index in [1.165, 1.54) is 11.1 Å². The third kappa shape index (κ3) is 3.99. The first-order valence-corrected chi connectivity index (χ1v) is 9.10. The minimum atomic E-state index is 0.312. The van der Waals surface area contributed by atoms with Gasteiger partial charge in [0.2, 0.25) is 0 Å². The summed E-state index contributed by atoms with van der Waals surface area (Å²) in [6.45, 7) is 5.14. The van der Waals surface area contributed by atoms with Crippen LogP contribution in [0, 0.1) is 29.6 Å². The van der Waals surface area contributed by atoms with Crippen molar-refractivity contribution in [2.45, 2.75) is 25.9 Å². The predicted octanol–water partition coefficient (Wildman–Crippen LogP) is 4.12. The summed E-state index contributed by atoms with van der Waals surface area (Å²) in [6, 6.07) is 18.7. The number of anilines is 1. The van der Waals surface area contributed by atoms with Crippen molar-refractivity contribution in [1.82, 2.24) is 4.90 Å². The number of likely N-dealkylation sites (tertiary alicyclic amines) is 1. The Kier molecular flexibility index (Phi) is 5.78. The second-order valence-corrected chi connectivity index (χ2v) is 7.07. The Morgan fingerprint density at radius 2 is 2.04 bits per heavy atom. The molecule has 0 unspecified atom stereocenters. The molecule has 26 heavy (non-hydrogen) atoms. The van der Waals surface area contributed by atoms with Crippen LogP contribution in [0.5, 0.6) is 0 Å². The zero-order chi connectivity index (χ0) is 18.5. The van der Waals surface area contributed by atoms with Gasteiger partial charge in [-0.2, -0.15) is 10.5 Å². The van der Waals surface area contributed by atoms with Gasteiger partial charge in [-0.05, 0) is 42.7 Å². The van der Waals surface area contributed by atoms with Gasteiger partial charge in [0, 0.05) is 31.4 Å². The normalized spacial score (nSPS) is 16.8. The van der Waals surface area contributed by atoms with E-state index in [9.17, 15) is 0 Å². The molecule has 0 spiro atoms. The zero-order valence-corrected chi connectivity index (χ0v) is 15.6. The summed E-state index contributed by atoms with van der Waals surface area (Å²) in [4.78, 5) is 4.54. The van der Waals surface area contributed by atoms with Crippen LogP contribution in [0.1, 0.15) is 23.1 Å². The van der Waals surface area contributed by atoms with Crippen molar-refractivity contribution in [1.29, 1.82) is 10.5 Å². The van der Waals surface area contributed by atoms with Crippen LogP contribution in [0.2, 0.25) is 5.02 Å². The average molecular weight is 365 g/mol. The van der Waals surface area contributed by atoms with Crippen LogP contribution < -0.4 is 4.90 Å². The van der Waals surface area contributed by atoms with Crippen LogP contribution >= 0.6 is 11.6 Å². The second kappa shape index (κ2) is 8.23. The van der Waals surface area contributed by atoms with Crippen LogP contribution in [0.25, 0.3) is 0 Å². The van der Waals surface area contributed by atoms with E-state index >= 15 is 0 Å². The molecule has 0 bridgehead atoms. The molecule has 0 amide bonds. The lowest BCUT2D eigenvalue weighted by Crippen LogP contribution is -2.37. The number of benzene rings is 2. The number of rotatable bonds is 5. The van der Waals surface area contributed by atoms with Gasteiger partial charge in [0.25, 0.3) is 0 Å². The summed E-state index contributed by atoms with van der Waals surface area (Å²) in [5.41, 5.74) is 4.03. The summed E-state index contributed by atoms with van der Waals surface area (Å²) in [5, 5.41) is 18.6. The molecule has 4 nitrogen and oxygen atoms in total. The number of aryl methyl sites for hydroxylation is 1. The zero-order valence-electron chi connectivity index (χ0n) is 14.8. The van der Waals surface area contributed by atoms with E-state index in [-0.39, 0.29) is 0 Å². The number of halogens is 1. The van der Waals surface area contributed by atoms with Gasteiger partial charge in [0.1, 0.15) is 6.07 Å². The molecule has 2 aromatic rings. The minimum Gasteiger partial charge on any atom is -0.363 e. The van der Waals surface area contributed by atoms with Gasteiger partial charge in [0.15, 0.2) is 0 Å². The maximum Gasteiger partial charge on any atom is 0.101 e. The first-order valence-electron chi connectivity index (χ1n) is 8.72. The molecule has 1 atom stereocenters. The van der Waals surface area contributed by atoms with Crippen LogP contribution in [-0.4, -0.2) is 30.6 Å². The molecule has 0 saturated carbocycles. The van der Waals surface area contributed by atoms with E-state index in [1.807, 2.05) is 18.2 Å². The Bertz CT molecular complexity index is 865. The molecule has 5 heteroatoms. The van der Waals surface area contributed by atoms with Crippen LogP contribution in [0.4, 0.5) is 5.69 Å². The van der Waals surface area contributed by atoms with Gasteiger partial charge < -0.3 is 4.90 Å². The summed E-state index contributed by atoms with van der Waals surface area (Å²) in [5.74, 6) is 0. The predicted molar refractivity (Wildman–Crippen MR) is 104 cm³/mol. The van der Waals surface area contributed by atoms with Crippen molar-refractivity contribution in [3.05, 3.63) is 64.2 Å². The molecule has 1 aliphatic heterocycles. The van der Waals surface area contributed by atoms with E-state index < -0.39 is 0 Å². The molecule has 0 aromatic heterocycles. The van der Waals surface area contributed by atoms with Gasteiger partial charge in [-0.25, -0.2) is 0 Å². The molecular weight excluding hydrogens is 344 g/mol. The van der Waals surface area contributed by atoms with Crippen LogP contribution in [0.15, 0.2) is 42.5 Å². The number of hydrogen-bond donors (Lipinski definition) is 0. The molecule has 1 fully saturated rings. The summed E-state index contributed by atoms with van der Waals surface area (Å²) < 4.78 is 0. The lowest BCUT2D eigenvalue weighted by molar-refractivity contribution is 0.373. The highest BCUT2D eigenvalue weighted by Crippen LogP contribution is 2.29. The largest absolute Gasteiger partial charge is 0.363 e. The Labute approximate surface area is 159 Å². The van der Waals surface area contributed by atoms with Gasteiger partial charge in [-0.15, -0.1) is 0 Å². The molecule has 1 aliphatic rings. The molecule has 0 aliphatic carbocycles. The maximum atomic E-state index is 9.14. The van der Waals surface area contributed by atoms with Crippen molar-refractivity contribution in [2.24, 2.45) is 0 Å². The fraction of sp³-hybridized carbons (Fsp3) is 0.333. The maximum absolute atomic E-state index is 9.14. The quantitative estimate of drug-likeness (QED) is 0.749. The Morgan fingerprint density at radius 3 is 2.73 bits per heavy atom. The lowest BCUT2D eigenvalue weighted by Gasteiger charge is -2.32. The highest BCUT2D eigenvalue weighted by molar-refractivity contribution is 6.32. The molecule has 3 rings (SSSR count). The van der Waals surface area contributed by atoms with Crippen molar-refractivity contribution in [3.63, 3.8) is 0 Å². The van der Waals surface area contributed by atoms with E-state index in [0.29, 0.717) is 23.2 Å². The summed E-state index contributed by atoms with van der Waals surface area (Å²) >= 11 is 6.29. The molecule has 0 N–H and O–H groups in total. The Balaban J connectivity index is 1.92. The molecule has 1 heterocycles. The standard InChI is InChI=1S/C21H21ClN4/c1-16-4-2-3-5-18(16)14-26(20-8-10-25(15-20)11-9-23)19-7-6-17(13-24)21(22)12-19/h2-7,12,20H,8,10-11,14-15H2,1H3/t20-/m0/s1. The summed E-state index contributed by atoms with van der Waals surface area (Å²) in [7, 11) is 0. The SMILES string of the molecule is Cc1ccccc1CN(c1ccc(C#N)c(Cl)c1)[C@H]1CCN(CC#N)C1. The van der Waals surface area contributed by atoms with Crippen LogP contribution in [-0.2, 0) is 6.54 Å². The number of nitrogens with zero attached hydrogens (tertiary/aromatic N) is 4. The third-order valence-corrected chi connectivity index (χ3v) is 5.30. The van der Waals surface area contributed by atoms with Gasteiger partial charge >= 0.3 is 0 Å². The van der Waals surface area contributed by atoms with Gasteiger partial charge in [-0.1, -0.05) is 35.9 Å². The Morgan fingerprint density at radius 1 is 1.23 bits per heavy atom. The van der Waals surface area contributed by atoms with Crippen molar-refractivity contribution < 1.29 is 0 Å². The molecule has 2 aromatic carbocycles. The minimum absolute atomic E-state index is 0.312. The first-order chi connectivity index (χ1) is 12.6. The second-order valence-electron chi connectivity index (χ2n) is 6.67. The average Bonchev–Trinajstić information content (AvgIpc) is 3.09.